The maximum Gasteiger partial charge on any atom is 0.240 e. The Labute approximate surface area is 120 Å². The molecule has 0 fully saturated rings. The van der Waals surface area contributed by atoms with Crippen LogP contribution in [0, 0.1) is 6.92 Å². The molecule has 2 N–H and O–H groups in total. The molecule has 0 saturated carbocycles. The molecule has 1 aromatic heterocycles. The molecule has 19 heavy (non-hydrogen) atoms. The zero-order valence-electron chi connectivity index (χ0n) is 10.4. The number of aryl methyl sites for hydroxylation is 1. The Kier molecular flexibility index (Phi) is 4.38. The van der Waals surface area contributed by atoms with Gasteiger partial charge in [0.15, 0.2) is 0 Å². The summed E-state index contributed by atoms with van der Waals surface area (Å²) in [4.78, 5) is 7.44. The van der Waals surface area contributed by atoms with Gasteiger partial charge in [0, 0.05) is 23.6 Å². The molecule has 0 amide bonds. The molecule has 1 aromatic carbocycles. The van der Waals surface area contributed by atoms with Crippen molar-refractivity contribution >= 4 is 26.0 Å². The topological polar surface area (TPSA) is 74.8 Å². The van der Waals surface area contributed by atoms with E-state index in [1.54, 1.807) is 30.5 Å². The summed E-state index contributed by atoms with van der Waals surface area (Å²) in [5.74, 6) is 0.825. The second-order valence-corrected chi connectivity index (χ2v) is 6.76. The lowest BCUT2D eigenvalue weighted by Gasteiger charge is -2.05. The molecule has 0 aliphatic rings. The van der Waals surface area contributed by atoms with Crippen molar-refractivity contribution < 1.29 is 8.42 Å². The Morgan fingerprint density at radius 2 is 2.00 bits per heavy atom. The van der Waals surface area contributed by atoms with Crippen LogP contribution in [0.15, 0.2) is 39.8 Å². The molecule has 0 atom stereocenters. The maximum atomic E-state index is 12.0. The molecule has 1 heterocycles. The second-order valence-electron chi connectivity index (χ2n) is 4.08. The van der Waals surface area contributed by atoms with Gasteiger partial charge in [0.2, 0.25) is 10.0 Å². The number of hydrogen-bond acceptors (Lipinski definition) is 3. The minimum absolute atomic E-state index is 0.258. The quantitative estimate of drug-likeness (QED) is 0.871. The predicted octanol–water partition coefficient (Wildman–Crippen LogP) is 2.00. The molecule has 2 rings (SSSR count). The number of nitrogens with zero attached hydrogens (tertiary/aromatic N) is 1. The number of sulfonamides is 1. The van der Waals surface area contributed by atoms with Crippen molar-refractivity contribution in [3.8, 4) is 0 Å². The standard InChI is InChI=1S/C12H14BrN3O2S/c1-9-14-8-11(16-9)6-7-15-19(17,18)12-4-2-10(13)3-5-12/h2-5,8,15H,6-7H2,1H3,(H,14,16). The van der Waals surface area contributed by atoms with E-state index in [-0.39, 0.29) is 4.90 Å². The van der Waals surface area contributed by atoms with Gasteiger partial charge in [-0.25, -0.2) is 18.1 Å². The van der Waals surface area contributed by atoms with Crippen LogP contribution in [0.3, 0.4) is 0 Å². The molecular weight excluding hydrogens is 330 g/mol. The van der Waals surface area contributed by atoms with Crippen molar-refractivity contribution in [3.63, 3.8) is 0 Å². The van der Waals surface area contributed by atoms with Crippen molar-refractivity contribution in [3.05, 3.63) is 46.5 Å². The summed E-state index contributed by atoms with van der Waals surface area (Å²) in [5.41, 5.74) is 0.844. The number of aromatic amines is 1. The van der Waals surface area contributed by atoms with Crippen molar-refractivity contribution in [2.75, 3.05) is 6.54 Å². The summed E-state index contributed by atoms with van der Waals surface area (Å²) < 4.78 is 27.4. The van der Waals surface area contributed by atoms with Crippen molar-refractivity contribution in [1.29, 1.82) is 0 Å². The highest BCUT2D eigenvalue weighted by molar-refractivity contribution is 9.10. The Hall–Kier alpha value is -1.18. The first kappa shape index (κ1) is 14.2. The van der Waals surface area contributed by atoms with Gasteiger partial charge in [-0.2, -0.15) is 0 Å². The van der Waals surface area contributed by atoms with Crippen LogP contribution in [0.5, 0.6) is 0 Å². The summed E-state index contributed by atoms with van der Waals surface area (Å²) in [6.07, 6.45) is 2.34. The van der Waals surface area contributed by atoms with E-state index in [1.165, 1.54) is 0 Å². The predicted molar refractivity (Wildman–Crippen MR) is 76.4 cm³/mol. The van der Waals surface area contributed by atoms with Gasteiger partial charge in [-0.15, -0.1) is 0 Å². The van der Waals surface area contributed by atoms with Crippen LogP contribution in [0.1, 0.15) is 11.5 Å². The maximum absolute atomic E-state index is 12.0. The molecule has 5 nitrogen and oxygen atoms in total. The highest BCUT2D eigenvalue weighted by Gasteiger charge is 2.13. The summed E-state index contributed by atoms with van der Waals surface area (Å²) >= 11 is 3.27. The third kappa shape index (κ3) is 3.89. The van der Waals surface area contributed by atoms with Crippen molar-refractivity contribution in [2.24, 2.45) is 0 Å². The van der Waals surface area contributed by atoms with Crippen LogP contribution >= 0.6 is 15.9 Å². The smallest absolute Gasteiger partial charge is 0.240 e. The van der Waals surface area contributed by atoms with E-state index >= 15 is 0 Å². The molecule has 7 heteroatoms. The number of H-pyrrole nitrogens is 1. The van der Waals surface area contributed by atoms with Crippen LogP contribution in [0.25, 0.3) is 0 Å². The van der Waals surface area contributed by atoms with Gasteiger partial charge < -0.3 is 4.98 Å². The number of imidazole rings is 1. The summed E-state index contributed by atoms with van der Waals surface area (Å²) in [5, 5.41) is 0. The first-order valence-electron chi connectivity index (χ1n) is 5.73. The summed E-state index contributed by atoms with van der Waals surface area (Å²) in [6.45, 7) is 2.18. The zero-order chi connectivity index (χ0) is 13.9. The van der Waals surface area contributed by atoms with E-state index in [0.29, 0.717) is 13.0 Å². The number of nitrogens with one attached hydrogen (secondary N) is 2. The van der Waals surface area contributed by atoms with E-state index in [1.807, 2.05) is 6.92 Å². The molecule has 102 valence electrons. The SMILES string of the molecule is Cc1nc(CCNS(=O)(=O)c2ccc(Br)cc2)c[nH]1. The number of aromatic nitrogens is 2. The van der Waals surface area contributed by atoms with Gasteiger partial charge in [0.1, 0.15) is 5.82 Å². The molecule has 0 bridgehead atoms. The Morgan fingerprint density at radius 1 is 1.32 bits per heavy atom. The number of rotatable bonds is 5. The van der Waals surface area contributed by atoms with Gasteiger partial charge in [-0.05, 0) is 31.2 Å². The lowest BCUT2D eigenvalue weighted by atomic mass is 10.3. The molecular formula is C12H14BrN3O2S. The zero-order valence-corrected chi connectivity index (χ0v) is 12.8. The van der Waals surface area contributed by atoms with E-state index in [2.05, 4.69) is 30.6 Å². The average molecular weight is 344 g/mol. The van der Waals surface area contributed by atoms with Crippen LogP contribution in [-0.4, -0.2) is 24.9 Å². The third-order valence-corrected chi connectivity index (χ3v) is 4.56. The average Bonchev–Trinajstić information content (AvgIpc) is 2.75. The first-order chi connectivity index (χ1) is 8.97. The first-order valence-corrected chi connectivity index (χ1v) is 8.01. The van der Waals surface area contributed by atoms with E-state index in [0.717, 1.165) is 16.0 Å². The molecule has 0 saturated heterocycles. The highest BCUT2D eigenvalue weighted by atomic mass is 79.9. The van der Waals surface area contributed by atoms with Gasteiger partial charge in [-0.3, -0.25) is 0 Å². The summed E-state index contributed by atoms with van der Waals surface area (Å²) in [6, 6.07) is 6.52. The van der Waals surface area contributed by atoms with Crippen LogP contribution in [0.4, 0.5) is 0 Å². The third-order valence-electron chi connectivity index (χ3n) is 2.56. The fourth-order valence-electron chi connectivity index (χ4n) is 1.61. The van der Waals surface area contributed by atoms with Crippen LogP contribution in [0.2, 0.25) is 0 Å². The fourth-order valence-corrected chi connectivity index (χ4v) is 2.90. The van der Waals surface area contributed by atoms with Gasteiger partial charge in [-0.1, -0.05) is 15.9 Å². The van der Waals surface area contributed by atoms with Gasteiger partial charge in [0.25, 0.3) is 0 Å². The summed E-state index contributed by atoms with van der Waals surface area (Å²) in [7, 11) is -3.45. The molecule has 0 aliphatic heterocycles. The number of benzene rings is 1. The van der Waals surface area contributed by atoms with Gasteiger partial charge >= 0.3 is 0 Å². The number of halogens is 1. The highest BCUT2D eigenvalue weighted by Crippen LogP contribution is 2.14. The Morgan fingerprint density at radius 3 is 2.58 bits per heavy atom. The van der Waals surface area contributed by atoms with E-state index < -0.39 is 10.0 Å². The lowest BCUT2D eigenvalue weighted by Crippen LogP contribution is -2.26. The monoisotopic (exact) mass is 343 g/mol. The Bertz CT molecular complexity index is 650. The van der Waals surface area contributed by atoms with E-state index in [4.69, 9.17) is 0 Å². The molecule has 0 radical (unpaired) electrons. The normalized spacial score (nSPS) is 11.7. The van der Waals surface area contributed by atoms with Crippen molar-refractivity contribution in [1.82, 2.24) is 14.7 Å². The van der Waals surface area contributed by atoms with Crippen LogP contribution < -0.4 is 4.72 Å². The molecule has 0 unspecified atom stereocenters. The van der Waals surface area contributed by atoms with Gasteiger partial charge in [0.05, 0.1) is 10.6 Å². The minimum atomic E-state index is -3.45. The fraction of sp³-hybridized carbons (Fsp3) is 0.250. The Balaban J connectivity index is 1.96. The largest absolute Gasteiger partial charge is 0.349 e. The lowest BCUT2D eigenvalue weighted by molar-refractivity contribution is 0.581. The molecule has 0 aliphatic carbocycles. The molecule has 2 aromatic rings. The minimum Gasteiger partial charge on any atom is -0.349 e. The van der Waals surface area contributed by atoms with E-state index in [9.17, 15) is 8.42 Å². The second kappa shape index (κ2) is 5.85. The van der Waals surface area contributed by atoms with Crippen molar-refractivity contribution in [2.45, 2.75) is 18.2 Å². The molecule has 0 spiro atoms. The number of hydrogen-bond donors (Lipinski definition) is 2. The van der Waals surface area contributed by atoms with Crippen LogP contribution in [-0.2, 0) is 16.4 Å².